The second kappa shape index (κ2) is 3.40. The van der Waals surface area contributed by atoms with Gasteiger partial charge in [-0.05, 0) is 25.1 Å². The smallest absolute Gasteiger partial charge is 0.134 e. The molecule has 0 saturated carbocycles. The minimum atomic E-state index is 0.989. The molecule has 0 unspecified atom stereocenters. The molecule has 0 aliphatic rings. The summed E-state index contributed by atoms with van der Waals surface area (Å²) in [5.74, 6) is 0. The summed E-state index contributed by atoms with van der Waals surface area (Å²) in [5.41, 5.74) is 0.989. The maximum absolute atomic E-state index is 4.56. The normalized spacial score (nSPS) is 11.0. The van der Waals surface area contributed by atoms with Crippen LogP contribution in [0.3, 0.4) is 0 Å². The van der Waals surface area contributed by atoms with Crippen molar-refractivity contribution in [2.24, 2.45) is 0 Å². The van der Waals surface area contributed by atoms with Crippen LogP contribution in [-0.4, -0.2) is 9.97 Å². The molecule has 0 amide bonds. The number of hydrogen-bond acceptors (Lipinski definition) is 4. The Morgan fingerprint density at radius 1 is 1.13 bits per heavy atom. The summed E-state index contributed by atoms with van der Waals surface area (Å²) >= 11 is 3.51. The van der Waals surface area contributed by atoms with E-state index in [0.29, 0.717) is 0 Å². The zero-order chi connectivity index (χ0) is 10.3. The van der Waals surface area contributed by atoms with Crippen LogP contribution in [0.15, 0.2) is 30.6 Å². The average Bonchev–Trinajstić information content (AvgIpc) is 2.82. The van der Waals surface area contributed by atoms with E-state index in [2.05, 4.69) is 29.0 Å². The molecule has 0 spiro atoms. The predicted molar refractivity (Wildman–Crippen MR) is 65.5 cm³/mol. The molecule has 0 aliphatic heterocycles. The van der Waals surface area contributed by atoms with Gasteiger partial charge in [0.05, 0.1) is 15.8 Å². The molecule has 3 aromatic heterocycles. The Labute approximate surface area is 95.3 Å². The standard InChI is InChI=1S/C11H8N2S2/c1-7-2-3-10(14-7)11-13-8-6-12-5-4-9(8)15-11/h2-6H,1H3. The van der Waals surface area contributed by atoms with E-state index in [1.165, 1.54) is 14.5 Å². The Morgan fingerprint density at radius 3 is 2.80 bits per heavy atom. The highest BCUT2D eigenvalue weighted by Crippen LogP contribution is 2.33. The summed E-state index contributed by atoms with van der Waals surface area (Å²) in [4.78, 5) is 11.2. The fourth-order valence-corrected chi connectivity index (χ4v) is 3.29. The summed E-state index contributed by atoms with van der Waals surface area (Å²) in [6.45, 7) is 2.11. The van der Waals surface area contributed by atoms with Crippen LogP contribution in [0.25, 0.3) is 20.1 Å². The lowest BCUT2D eigenvalue weighted by atomic mass is 10.4. The van der Waals surface area contributed by atoms with E-state index in [4.69, 9.17) is 0 Å². The number of rotatable bonds is 1. The van der Waals surface area contributed by atoms with Gasteiger partial charge >= 0.3 is 0 Å². The Bertz CT molecular complexity index is 577. The summed E-state index contributed by atoms with van der Waals surface area (Å²) in [7, 11) is 0. The highest BCUT2D eigenvalue weighted by molar-refractivity contribution is 7.25. The highest BCUT2D eigenvalue weighted by atomic mass is 32.1. The second-order valence-electron chi connectivity index (χ2n) is 3.27. The van der Waals surface area contributed by atoms with Crippen LogP contribution in [0.4, 0.5) is 0 Å². The molecule has 2 nitrogen and oxygen atoms in total. The molecule has 3 aromatic rings. The van der Waals surface area contributed by atoms with Crippen molar-refractivity contribution in [3.8, 4) is 9.88 Å². The molecule has 0 radical (unpaired) electrons. The first-order chi connectivity index (χ1) is 7.33. The molecule has 0 fully saturated rings. The first-order valence-electron chi connectivity index (χ1n) is 4.60. The van der Waals surface area contributed by atoms with Crippen molar-refractivity contribution in [1.29, 1.82) is 0 Å². The van der Waals surface area contributed by atoms with E-state index in [1.807, 2.05) is 18.5 Å². The number of aromatic nitrogens is 2. The van der Waals surface area contributed by atoms with Gasteiger partial charge in [0, 0.05) is 11.1 Å². The molecule has 0 bridgehead atoms. The summed E-state index contributed by atoms with van der Waals surface area (Å²) in [6, 6.07) is 6.27. The van der Waals surface area contributed by atoms with E-state index >= 15 is 0 Å². The van der Waals surface area contributed by atoms with E-state index in [0.717, 1.165) is 10.5 Å². The van der Waals surface area contributed by atoms with Crippen LogP contribution < -0.4 is 0 Å². The zero-order valence-electron chi connectivity index (χ0n) is 8.10. The number of pyridine rings is 1. The summed E-state index contributed by atoms with van der Waals surface area (Å²) in [5, 5.41) is 1.09. The minimum absolute atomic E-state index is 0.989. The molecule has 4 heteroatoms. The maximum atomic E-state index is 4.56. The van der Waals surface area contributed by atoms with E-state index in [1.54, 1.807) is 22.7 Å². The third-order valence-electron chi connectivity index (χ3n) is 2.14. The quantitative estimate of drug-likeness (QED) is 0.639. The van der Waals surface area contributed by atoms with Gasteiger partial charge in [-0.25, -0.2) is 4.98 Å². The van der Waals surface area contributed by atoms with Crippen molar-refractivity contribution in [1.82, 2.24) is 9.97 Å². The molecule has 0 aromatic carbocycles. The van der Waals surface area contributed by atoms with Crippen LogP contribution in [0.1, 0.15) is 4.88 Å². The molecule has 3 heterocycles. The average molecular weight is 232 g/mol. The number of aryl methyl sites for hydroxylation is 1. The van der Waals surface area contributed by atoms with E-state index < -0.39 is 0 Å². The first kappa shape index (κ1) is 9.00. The third-order valence-corrected chi connectivity index (χ3v) is 4.35. The second-order valence-corrected chi connectivity index (χ2v) is 5.59. The van der Waals surface area contributed by atoms with Crippen LogP contribution in [0.5, 0.6) is 0 Å². The van der Waals surface area contributed by atoms with E-state index in [-0.39, 0.29) is 0 Å². The zero-order valence-corrected chi connectivity index (χ0v) is 9.73. The highest BCUT2D eigenvalue weighted by Gasteiger charge is 2.07. The van der Waals surface area contributed by atoms with Crippen molar-refractivity contribution in [3.05, 3.63) is 35.5 Å². The molecule has 74 valence electrons. The Kier molecular flexibility index (Phi) is 2.04. The van der Waals surface area contributed by atoms with E-state index in [9.17, 15) is 0 Å². The fraction of sp³-hybridized carbons (Fsp3) is 0.0909. The summed E-state index contributed by atoms with van der Waals surface area (Å²) < 4.78 is 1.20. The molecule has 0 aliphatic carbocycles. The SMILES string of the molecule is Cc1ccc(-c2nc3cnccc3s2)s1. The number of thiazole rings is 1. The lowest BCUT2D eigenvalue weighted by molar-refractivity contribution is 1.34. The first-order valence-corrected chi connectivity index (χ1v) is 6.23. The van der Waals surface area contributed by atoms with Crippen molar-refractivity contribution in [2.75, 3.05) is 0 Å². The van der Waals surface area contributed by atoms with Gasteiger partial charge in [-0.1, -0.05) is 0 Å². The monoisotopic (exact) mass is 232 g/mol. The van der Waals surface area contributed by atoms with Crippen LogP contribution >= 0.6 is 22.7 Å². The van der Waals surface area contributed by atoms with Gasteiger partial charge in [0.25, 0.3) is 0 Å². The Hall–Kier alpha value is -1.26. The van der Waals surface area contributed by atoms with Crippen molar-refractivity contribution >= 4 is 32.9 Å². The molecule has 3 rings (SSSR count). The molecule has 0 N–H and O–H groups in total. The molecular formula is C11H8N2S2. The van der Waals surface area contributed by atoms with Gasteiger partial charge in [0.1, 0.15) is 10.5 Å². The molecular weight excluding hydrogens is 224 g/mol. The van der Waals surface area contributed by atoms with Crippen LogP contribution in [-0.2, 0) is 0 Å². The lowest BCUT2D eigenvalue weighted by Crippen LogP contribution is -1.70. The minimum Gasteiger partial charge on any atom is -0.262 e. The number of thiophene rings is 1. The number of nitrogens with zero attached hydrogens (tertiary/aromatic N) is 2. The number of hydrogen-bond donors (Lipinski definition) is 0. The van der Waals surface area contributed by atoms with Gasteiger partial charge in [-0.2, -0.15) is 0 Å². The number of fused-ring (bicyclic) bond motifs is 1. The lowest BCUT2D eigenvalue weighted by Gasteiger charge is -1.85. The maximum Gasteiger partial charge on any atom is 0.134 e. The molecule has 15 heavy (non-hydrogen) atoms. The van der Waals surface area contributed by atoms with Gasteiger partial charge in [0.2, 0.25) is 0 Å². The van der Waals surface area contributed by atoms with Crippen LogP contribution in [0, 0.1) is 6.92 Å². The van der Waals surface area contributed by atoms with Gasteiger partial charge in [-0.15, -0.1) is 22.7 Å². The summed E-state index contributed by atoms with van der Waals surface area (Å²) in [6.07, 6.45) is 3.62. The van der Waals surface area contributed by atoms with Crippen LogP contribution in [0.2, 0.25) is 0 Å². The van der Waals surface area contributed by atoms with Crippen molar-refractivity contribution in [3.63, 3.8) is 0 Å². The van der Waals surface area contributed by atoms with Gasteiger partial charge in [0.15, 0.2) is 0 Å². The molecule has 0 saturated heterocycles. The predicted octanol–water partition coefficient (Wildman–Crippen LogP) is 3.73. The third kappa shape index (κ3) is 1.56. The fourth-order valence-electron chi connectivity index (χ4n) is 1.43. The van der Waals surface area contributed by atoms with Crippen molar-refractivity contribution in [2.45, 2.75) is 6.92 Å². The topological polar surface area (TPSA) is 25.8 Å². The Balaban J connectivity index is 2.19. The van der Waals surface area contributed by atoms with Gasteiger partial charge in [-0.3, -0.25) is 4.98 Å². The van der Waals surface area contributed by atoms with Crippen molar-refractivity contribution < 1.29 is 0 Å². The largest absolute Gasteiger partial charge is 0.262 e. The molecule has 0 atom stereocenters. The van der Waals surface area contributed by atoms with Gasteiger partial charge < -0.3 is 0 Å². The Morgan fingerprint density at radius 2 is 2.07 bits per heavy atom.